The summed E-state index contributed by atoms with van der Waals surface area (Å²) in [6, 6.07) is 1.71. The van der Waals surface area contributed by atoms with E-state index >= 15 is 0 Å². The van der Waals surface area contributed by atoms with Crippen molar-refractivity contribution in [3.63, 3.8) is 0 Å². The number of carboxylic acids is 2. The quantitative estimate of drug-likeness (QED) is 0.393. The first kappa shape index (κ1) is 28.0. The van der Waals surface area contributed by atoms with Gasteiger partial charge in [-0.25, -0.2) is 14.4 Å². The van der Waals surface area contributed by atoms with Gasteiger partial charge in [0.2, 0.25) is 0 Å². The highest BCUT2D eigenvalue weighted by atomic mass is 35.5. The number of rotatable bonds is 6. The smallest absolute Gasteiger partial charge is 0.332 e. The molecule has 0 heterocycles. The molecule has 0 radical (unpaired) electrons. The van der Waals surface area contributed by atoms with Gasteiger partial charge in [0.05, 0.1) is 17.7 Å². The van der Waals surface area contributed by atoms with Crippen LogP contribution in [0.4, 0.5) is 0 Å². The fraction of sp³-hybridized carbons (Fsp3) is 0.176. The molecule has 0 amide bonds. The normalized spacial score (nSPS) is 11.5. The Morgan fingerprint density at radius 1 is 1.19 bits per heavy atom. The summed E-state index contributed by atoms with van der Waals surface area (Å²) >= 11 is 9.69. The summed E-state index contributed by atoms with van der Waals surface area (Å²) in [6.07, 6.45) is 5.46. The minimum absolute atomic E-state index is 0.111. The first-order valence-electron chi connectivity index (χ1n) is 6.50. The number of carbonyl (C=O) groups is 3. The van der Waals surface area contributed by atoms with Gasteiger partial charge in [-0.15, -0.1) is 0 Å². The average Bonchev–Trinajstić information content (AvgIpc) is 2.56. The van der Waals surface area contributed by atoms with Crippen LogP contribution in [0.3, 0.4) is 0 Å². The standard InChI is InChI=1S/C11H11NO4.C4H6O2.C2H2Cl2/c1-8(10(15)16)11(2,5-3-7-12)6-4-9(13)14;1-3-4(5)6-2;1-2(3)4/h3-6H,1H2,2H3,(H,13,14)(H,15,16);3H,1H2,2H3;1H2. The molecule has 0 saturated heterocycles. The van der Waals surface area contributed by atoms with Crippen LogP contribution in [0.1, 0.15) is 6.92 Å². The number of allylic oxidation sites excluding steroid dienone is 3. The topological polar surface area (TPSA) is 125 Å². The highest BCUT2D eigenvalue weighted by Gasteiger charge is 2.26. The van der Waals surface area contributed by atoms with E-state index in [2.05, 4.69) is 24.5 Å². The highest BCUT2D eigenvalue weighted by Crippen LogP contribution is 2.29. The molecule has 0 aromatic rings. The molecule has 0 fully saturated rings. The van der Waals surface area contributed by atoms with E-state index in [1.165, 1.54) is 26.2 Å². The molecule has 0 saturated carbocycles. The van der Waals surface area contributed by atoms with E-state index in [1.807, 2.05) is 0 Å². The fourth-order valence-electron chi connectivity index (χ4n) is 1.03. The summed E-state index contributed by atoms with van der Waals surface area (Å²) in [4.78, 5) is 31.0. The lowest BCUT2D eigenvalue weighted by molar-refractivity contribution is -0.135. The Kier molecular flexibility index (Phi) is 16.9. The summed E-state index contributed by atoms with van der Waals surface area (Å²) in [6.45, 7) is 11.1. The largest absolute Gasteiger partial charge is 0.478 e. The van der Waals surface area contributed by atoms with E-state index in [0.29, 0.717) is 0 Å². The summed E-state index contributed by atoms with van der Waals surface area (Å²) in [5.41, 5.74) is -1.41. The van der Waals surface area contributed by atoms with Crippen molar-refractivity contribution in [1.29, 1.82) is 5.26 Å². The SMILES string of the molecule is C=C(C(=O)O)C(C)(C=CC#N)C=CC(=O)O.C=C(Cl)Cl.C=CC(=O)OC. The zero-order chi connectivity index (χ0) is 21.3. The third kappa shape index (κ3) is 17.5. The molecular formula is C17H19Cl2NO6. The Bertz CT molecular complexity index is 642. The number of nitrogens with zero attached hydrogens (tertiary/aromatic N) is 1. The molecule has 0 spiro atoms. The molecule has 1 unspecified atom stereocenters. The number of halogens is 2. The molecule has 1 atom stereocenters. The summed E-state index contributed by atoms with van der Waals surface area (Å²) in [5.74, 6) is -2.84. The van der Waals surface area contributed by atoms with E-state index < -0.39 is 23.3 Å². The van der Waals surface area contributed by atoms with E-state index in [1.54, 1.807) is 6.07 Å². The number of hydrogen-bond acceptors (Lipinski definition) is 5. The molecule has 9 heteroatoms. The van der Waals surface area contributed by atoms with Crippen LogP contribution in [0.25, 0.3) is 0 Å². The van der Waals surface area contributed by atoms with E-state index in [0.717, 1.165) is 18.2 Å². The van der Waals surface area contributed by atoms with Crippen LogP contribution < -0.4 is 0 Å². The maximum absolute atomic E-state index is 10.8. The predicted molar refractivity (Wildman–Crippen MR) is 99.5 cm³/mol. The van der Waals surface area contributed by atoms with Crippen LogP contribution in [0.5, 0.6) is 0 Å². The third-order valence-corrected chi connectivity index (χ3v) is 2.35. The summed E-state index contributed by atoms with van der Waals surface area (Å²) < 4.78 is 4.25. The molecule has 142 valence electrons. The lowest BCUT2D eigenvalue weighted by atomic mass is 9.82. The van der Waals surface area contributed by atoms with Gasteiger partial charge in [-0.05, 0) is 6.92 Å². The third-order valence-electron chi connectivity index (χ3n) is 2.35. The molecule has 0 aliphatic heterocycles. The van der Waals surface area contributed by atoms with Gasteiger partial charge in [-0.2, -0.15) is 5.26 Å². The lowest BCUT2D eigenvalue weighted by Gasteiger charge is -2.21. The summed E-state index contributed by atoms with van der Waals surface area (Å²) in [7, 11) is 1.31. The average molecular weight is 404 g/mol. The van der Waals surface area contributed by atoms with E-state index in [9.17, 15) is 14.4 Å². The minimum atomic E-state index is -1.25. The van der Waals surface area contributed by atoms with Gasteiger partial charge in [0.15, 0.2) is 0 Å². The van der Waals surface area contributed by atoms with Gasteiger partial charge in [0.1, 0.15) is 0 Å². The maximum atomic E-state index is 10.8. The van der Waals surface area contributed by atoms with Gasteiger partial charge in [0, 0.05) is 29.2 Å². The number of esters is 1. The fourth-order valence-corrected chi connectivity index (χ4v) is 1.03. The van der Waals surface area contributed by atoms with Crippen molar-refractivity contribution >= 4 is 41.1 Å². The van der Waals surface area contributed by atoms with E-state index in [4.69, 9.17) is 38.7 Å². The maximum Gasteiger partial charge on any atom is 0.332 e. The highest BCUT2D eigenvalue weighted by molar-refractivity contribution is 6.55. The van der Waals surface area contributed by atoms with Crippen LogP contribution in [0.2, 0.25) is 0 Å². The van der Waals surface area contributed by atoms with Crippen LogP contribution in [-0.2, 0) is 19.1 Å². The molecule has 7 nitrogen and oxygen atoms in total. The Morgan fingerprint density at radius 3 is 1.88 bits per heavy atom. The summed E-state index contributed by atoms with van der Waals surface area (Å²) in [5, 5.41) is 25.6. The number of nitriles is 1. The molecular weight excluding hydrogens is 385 g/mol. The van der Waals surface area contributed by atoms with Crippen LogP contribution in [0, 0.1) is 16.7 Å². The Labute approximate surface area is 161 Å². The van der Waals surface area contributed by atoms with Crippen LogP contribution >= 0.6 is 23.2 Å². The zero-order valence-corrected chi connectivity index (χ0v) is 15.8. The lowest BCUT2D eigenvalue weighted by Crippen LogP contribution is -2.19. The number of hydrogen-bond donors (Lipinski definition) is 2. The number of ether oxygens (including phenoxy) is 1. The van der Waals surface area contributed by atoms with Crippen LogP contribution in [0.15, 0.2) is 60.2 Å². The number of aliphatic carboxylic acids is 2. The van der Waals surface area contributed by atoms with Crippen molar-refractivity contribution in [2.75, 3.05) is 7.11 Å². The van der Waals surface area contributed by atoms with Gasteiger partial charge in [-0.3, -0.25) is 0 Å². The second-order valence-electron chi connectivity index (χ2n) is 4.27. The molecule has 0 rings (SSSR count). The molecule has 0 aromatic carbocycles. The number of methoxy groups -OCH3 is 1. The first-order valence-corrected chi connectivity index (χ1v) is 7.25. The second kappa shape index (κ2) is 15.7. The van der Waals surface area contributed by atoms with Gasteiger partial charge in [-0.1, -0.05) is 55.1 Å². The molecule has 0 aliphatic rings. The first-order chi connectivity index (χ1) is 11.9. The zero-order valence-electron chi connectivity index (χ0n) is 14.2. The molecule has 0 bridgehead atoms. The van der Waals surface area contributed by atoms with Crippen LogP contribution in [-0.4, -0.2) is 35.2 Å². The van der Waals surface area contributed by atoms with E-state index in [-0.39, 0.29) is 10.1 Å². The Morgan fingerprint density at radius 2 is 1.65 bits per heavy atom. The second-order valence-corrected chi connectivity index (χ2v) is 5.37. The molecule has 2 N–H and O–H groups in total. The van der Waals surface area contributed by atoms with Crippen molar-refractivity contribution in [3.05, 3.63) is 60.2 Å². The van der Waals surface area contributed by atoms with Crippen molar-refractivity contribution in [1.82, 2.24) is 0 Å². The van der Waals surface area contributed by atoms with Gasteiger partial charge in [0.25, 0.3) is 0 Å². The van der Waals surface area contributed by atoms with Gasteiger partial charge >= 0.3 is 17.9 Å². The Balaban J connectivity index is -0.000000434. The number of carboxylic acid groups (broad SMARTS) is 2. The Hall–Kier alpha value is -2.82. The molecule has 0 aromatic heterocycles. The number of carbonyl (C=O) groups excluding carboxylic acids is 1. The monoisotopic (exact) mass is 403 g/mol. The predicted octanol–water partition coefficient (Wildman–Crippen LogP) is 3.63. The van der Waals surface area contributed by atoms with Crippen molar-refractivity contribution in [2.45, 2.75) is 6.92 Å². The minimum Gasteiger partial charge on any atom is -0.478 e. The van der Waals surface area contributed by atoms with Crippen molar-refractivity contribution < 1.29 is 29.3 Å². The van der Waals surface area contributed by atoms with Gasteiger partial charge < -0.3 is 14.9 Å². The van der Waals surface area contributed by atoms with Crippen molar-refractivity contribution in [2.24, 2.45) is 5.41 Å². The van der Waals surface area contributed by atoms with Crippen molar-refractivity contribution in [3.8, 4) is 6.07 Å². The molecule has 26 heavy (non-hydrogen) atoms. The molecule has 0 aliphatic carbocycles.